The van der Waals surface area contributed by atoms with Crippen molar-refractivity contribution in [1.82, 2.24) is 19.5 Å². The van der Waals surface area contributed by atoms with Crippen LogP contribution in [0.4, 0.5) is 0 Å². The molecule has 0 saturated heterocycles. The average Bonchev–Trinajstić information content (AvgIpc) is 3.08. The molecule has 1 N–H and O–H groups in total. The maximum absolute atomic E-state index is 12.4. The van der Waals surface area contributed by atoms with E-state index in [1.807, 2.05) is 24.3 Å². The van der Waals surface area contributed by atoms with Gasteiger partial charge in [-0.2, -0.15) is 0 Å². The molecule has 2 aromatic carbocycles. The van der Waals surface area contributed by atoms with Crippen LogP contribution in [-0.4, -0.2) is 32.6 Å². The number of ether oxygens (including phenoxy) is 1. The Bertz CT molecular complexity index is 1250. The minimum Gasteiger partial charge on any atom is -0.465 e. The summed E-state index contributed by atoms with van der Waals surface area (Å²) in [7, 11) is 1.32. The fourth-order valence-corrected chi connectivity index (χ4v) is 4.05. The van der Waals surface area contributed by atoms with E-state index in [4.69, 9.17) is 4.74 Å². The topological polar surface area (TPSA) is 89.9 Å². The Morgan fingerprint density at radius 2 is 2.00 bits per heavy atom. The van der Waals surface area contributed by atoms with Gasteiger partial charge in [0.25, 0.3) is 5.56 Å². The number of methoxy groups -OCH3 is 1. The molecular weight excluding hydrogens is 376 g/mol. The van der Waals surface area contributed by atoms with E-state index in [0.29, 0.717) is 28.0 Å². The van der Waals surface area contributed by atoms with Gasteiger partial charge in [0.1, 0.15) is 5.82 Å². The number of carbonyl (C=O) groups excluding carboxylic acids is 1. The number of benzene rings is 2. The van der Waals surface area contributed by atoms with E-state index in [2.05, 4.69) is 26.4 Å². The van der Waals surface area contributed by atoms with Gasteiger partial charge in [0.15, 0.2) is 5.16 Å². The first-order valence-electron chi connectivity index (χ1n) is 8.80. The number of aromatic nitrogens is 4. The maximum Gasteiger partial charge on any atom is 0.337 e. The van der Waals surface area contributed by atoms with Crippen LogP contribution in [0.5, 0.6) is 0 Å². The number of aromatic amines is 1. The average molecular weight is 394 g/mol. The molecule has 0 saturated carbocycles. The lowest BCUT2D eigenvalue weighted by atomic mass is 10.1. The largest absolute Gasteiger partial charge is 0.465 e. The van der Waals surface area contributed by atoms with Gasteiger partial charge >= 0.3 is 5.97 Å². The van der Waals surface area contributed by atoms with Crippen LogP contribution in [0.15, 0.2) is 52.4 Å². The van der Waals surface area contributed by atoms with Gasteiger partial charge in [0.05, 0.1) is 40.4 Å². The molecule has 0 atom stereocenters. The molecule has 2 heterocycles. The molecule has 4 aromatic rings. The number of aryl methyl sites for hydroxylation is 1. The molecule has 142 valence electrons. The lowest BCUT2D eigenvalue weighted by Crippen LogP contribution is -2.12. The number of imidazole rings is 1. The molecule has 0 unspecified atom stereocenters. The Balaban J connectivity index is 1.66. The summed E-state index contributed by atoms with van der Waals surface area (Å²) in [6, 6.07) is 12.7. The first kappa shape index (κ1) is 18.2. The number of rotatable bonds is 5. The smallest absolute Gasteiger partial charge is 0.337 e. The Hall–Kier alpha value is -3.13. The van der Waals surface area contributed by atoms with Gasteiger partial charge in [0, 0.05) is 6.54 Å². The molecule has 0 amide bonds. The third-order valence-corrected chi connectivity index (χ3v) is 5.44. The zero-order valence-corrected chi connectivity index (χ0v) is 16.2. The third-order valence-electron chi connectivity index (χ3n) is 4.45. The Morgan fingerprint density at radius 1 is 1.18 bits per heavy atom. The summed E-state index contributed by atoms with van der Waals surface area (Å²) in [4.78, 5) is 36.1. The summed E-state index contributed by atoms with van der Waals surface area (Å²) in [5.74, 6) is 0.521. The number of H-pyrrole nitrogens is 1. The van der Waals surface area contributed by atoms with Crippen molar-refractivity contribution in [3.05, 3.63) is 64.2 Å². The molecule has 0 aliphatic heterocycles. The second-order valence-corrected chi connectivity index (χ2v) is 7.09. The number of nitrogens with zero attached hydrogens (tertiary/aromatic N) is 3. The molecule has 0 aliphatic rings. The van der Waals surface area contributed by atoms with Crippen LogP contribution in [-0.2, 0) is 17.0 Å². The van der Waals surface area contributed by atoms with Crippen LogP contribution < -0.4 is 5.56 Å². The fourth-order valence-electron chi connectivity index (χ4n) is 3.10. The quantitative estimate of drug-likeness (QED) is 0.412. The SMILES string of the molecule is CCn1c(SCc2nc3cc(C(=O)OC)ccc3c(=O)[nH]2)nc2ccccc21. The van der Waals surface area contributed by atoms with Crippen molar-refractivity contribution in [2.75, 3.05) is 7.11 Å². The molecule has 8 heteroatoms. The first-order chi connectivity index (χ1) is 13.6. The Kier molecular flexibility index (Phi) is 4.87. The third kappa shape index (κ3) is 3.27. The van der Waals surface area contributed by atoms with E-state index >= 15 is 0 Å². The number of hydrogen-bond donors (Lipinski definition) is 1. The molecule has 7 nitrogen and oxygen atoms in total. The van der Waals surface area contributed by atoms with Crippen molar-refractivity contribution >= 4 is 39.7 Å². The molecule has 2 aromatic heterocycles. The molecule has 0 fully saturated rings. The minimum atomic E-state index is -0.462. The Morgan fingerprint density at radius 3 is 2.79 bits per heavy atom. The van der Waals surface area contributed by atoms with E-state index in [1.54, 1.807) is 18.2 Å². The summed E-state index contributed by atoms with van der Waals surface area (Å²) in [6.07, 6.45) is 0. The molecule has 0 spiro atoms. The van der Waals surface area contributed by atoms with Crippen LogP contribution >= 0.6 is 11.8 Å². The monoisotopic (exact) mass is 394 g/mol. The Labute approximate surface area is 164 Å². The highest BCUT2D eigenvalue weighted by Crippen LogP contribution is 2.26. The van der Waals surface area contributed by atoms with Gasteiger partial charge < -0.3 is 14.3 Å². The van der Waals surface area contributed by atoms with Crippen LogP contribution in [0, 0.1) is 0 Å². The maximum atomic E-state index is 12.4. The van der Waals surface area contributed by atoms with E-state index in [9.17, 15) is 9.59 Å². The van der Waals surface area contributed by atoms with Crippen molar-refractivity contribution in [2.45, 2.75) is 24.4 Å². The molecule has 4 rings (SSSR count). The van der Waals surface area contributed by atoms with Crippen molar-refractivity contribution in [2.24, 2.45) is 0 Å². The summed E-state index contributed by atoms with van der Waals surface area (Å²) in [6.45, 7) is 2.87. The highest BCUT2D eigenvalue weighted by molar-refractivity contribution is 7.98. The predicted octanol–water partition coefficient (Wildman–Crippen LogP) is 3.37. The number of esters is 1. The number of para-hydroxylation sites is 2. The summed E-state index contributed by atoms with van der Waals surface area (Å²) >= 11 is 1.51. The predicted molar refractivity (Wildman–Crippen MR) is 109 cm³/mol. The van der Waals surface area contributed by atoms with Gasteiger partial charge in [-0.3, -0.25) is 4.79 Å². The van der Waals surface area contributed by atoms with Gasteiger partial charge in [-0.15, -0.1) is 0 Å². The standard InChI is InChI=1S/C20H18N4O3S/c1-3-24-16-7-5-4-6-14(16)22-20(24)28-11-17-21-15-10-12(19(26)27-2)8-9-13(15)18(25)23-17/h4-10H,3,11H2,1-2H3,(H,21,23,25). The summed E-state index contributed by atoms with van der Waals surface area (Å²) in [5.41, 5.74) is 2.61. The summed E-state index contributed by atoms with van der Waals surface area (Å²) < 4.78 is 6.87. The molecule has 0 aliphatic carbocycles. The van der Waals surface area contributed by atoms with Crippen LogP contribution in [0.1, 0.15) is 23.1 Å². The van der Waals surface area contributed by atoms with Gasteiger partial charge in [-0.25, -0.2) is 14.8 Å². The van der Waals surface area contributed by atoms with E-state index in [-0.39, 0.29) is 5.56 Å². The van der Waals surface area contributed by atoms with Crippen LogP contribution in [0.2, 0.25) is 0 Å². The van der Waals surface area contributed by atoms with E-state index < -0.39 is 5.97 Å². The molecular formula is C20H18N4O3S. The highest BCUT2D eigenvalue weighted by atomic mass is 32.2. The highest BCUT2D eigenvalue weighted by Gasteiger charge is 2.13. The second-order valence-electron chi connectivity index (χ2n) is 6.15. The van der Waals surface area contributed by atoms with Gasteiger partial charge in [-0.1, -0.05) is 23.9 Å². The normalized spacial score (nSPS) is 11.2. The number of thioether (sulfide) groups is 1. The molecule has 0 radical (unpaired) electrons. The van der Waals surface area contributed by atoms with Crippen molar-refractivity contribution in [1.29, 1.82) is 0 Å². The zero-order valence-electron chi connectivity index (χ0n) is 15.4. The minimum absolute atomic E-state index is 0.235. The number of carbonyl (C=O) groups is 1. The number of hydrogen-bond acceptors (Lipinski definition) is 6. The second kappa shape index (κ2) is 7.47. The zero-order chi connectivity index (χ0) is 19.7. The van der Waals surface area contributed by atoms with Crippen molar-refractivity contribution < 1.29 is 9.53 Å². The first-order valence-corrected chi connectivity index (χ1v) is 9.78. The summed E-state index contributed by atoms with van der Waals surface area (Å²) in [5, 5.41) is 1.30. The van der Waals surface area contributed by atoms with E-state index in [0.717, 1.165) is 22.7 Å². The van der Waals surface area contributed by atoms with E-state index in [1.165, 1.54) is 18.9 Å². The number of fused-ring (bicyclic) bond motifs is 2. The fraction of sp³-hybridized carbons (Fsp3) is 0.200. The van der Waals surface area contributed by atoms with Crippen molar-refractivity contribution in [3.63, 3.8) is 0 Å². The van der Waals surface area contributed by atoms with Crippen LogP contribution in [0.25, 0.3) is 21.9 Å². The van der Waals surface area contributed by atoms with Crippen molar-refractivity contribution in [3.8, 4) is 0 Å². The number of nitrogens with one attached hydrogen (secondary N) is 1. The van der Waals surface area contributed by atoms with Gasteiger partial charge in [-0.05, 0) is 37.3 Å². The van der Waals surface area contributed by atoms with Gasteiger partial charge in [0.2, 0.25) is 0 Å². The lowest BCUT2D eigenvalue weighted by Gasteiger charge is -2.06. The molecule has 0 bridgehead atoms. The lowest BCUT2D eigenvalue weighted by molar-refractivity contribution is 0.0601. The molecule has 28 heavy (non-hydrogen) atoms. The van der Waals surface area contributed by atoms with Crippen LogP contribution in [0.3, 0.4) is 0 Å².